The lowest BCUT2D eigenvalue weighted by Gasteiger charge is -2.38. The van der Waals surface area contributed by atoms with E-state index in [1.54, 1.807) is 0 Å². The van der Waals surface area contributed by atoms with E-state index >= 15 is 0 Å². The largest absolute Gasteiger partial charge is 0.409 e. The van der Waals surface area contributed by atoms with E-state index in [1.165, 1.54) is 25.7 Å². The summed E-state index contributed by atoms with van der Waals surface area (Å²) < 4.78 is 0.848. The SMILES string of the molecule is CC1CCCCC1N(C)c1cccc(Br)c1/C(N)=N/O. The van der Waals surface area contributed by atoms with Gasteiger partial charge in [0, 0.05) is 23.2 Å². The molecule has 0 aromatic heterocycles. The van der Waals surface area contributed by atoms with Gasteiger partial charge in [-0.05, 0) is 46.8 Å². The Kier molecular flexibility index (Phi) is 4.91. The minimum Gasteiger partial charge on any atom is -0.409 e. The van der Waals surface area contributed by atoms with Crippen LogP contribution in [0.15, 0.2) is 27.8 Å². The van der Waals surface area contributed by atoms with E-state index < -0.39 is 0 Å². The number of oxime groups is 1. The van der Waals surface area contributed by atoms with E-state index in [4.69, 9.17) is 10.9 Å². The van der Waals surface area contributed by atoms with Gasteiger partial charge in [0.15, 0.2) is 5.84 Å². The van der Waals surface area contributed by atoms with E-state index in [-0.39, 0.29) is 5.84 Å². The Morgan fingerprint density at radius 2 is 2.10 bits per heavy atom. The van der Waals surface area contributed by atoms with Gasteiger partial charge in [0.25, 0.3) is 0 Å². The molecule has 1 saturated carbocycles. The maximum Gasteiger partial charge on any atom is 0.173 e. The Morgan fingerprint density at radius 1 is 1.40 bits per heavy atom. The zero-order valence-electron chi connectivity index (χ0n) is 12.0. The smallest absolute Gasteiger partial charge is 0.173 e. The van der Waals surface area contributed by atoms with Gasteiger partial charge in [0.05, 0.1) is 5.56 Å². The predicted molar refractivity (Wildman–Crippen MR) is 86.5 cm³/mol. The lowest BCUT2D eigenvalue weighted by molar-refractivity contribution is 0.318. The number of nitrogens with two attached hydrogens (primary N) is 1. The second kappa shape index (κ2) is 6.48. The van der Waals surface area contributed by atoms with Gasteiger partial charge in [-0.3, -0.25) is 0 Å². The summed E-state index contributed by atoms with van der Waals surface area (Å²) in [6.07, 6.45) is 5.05. The van der Waals surface area contributed by atoms with Crippen LogP contribution in [0.25, 0.3) is 0 Å². The van der Waals surface area contributed by atoms with Gasteiger partial charge in [-0.1, -0.05) is 31.0 Å². The first-order chi connectivity index (χ1) is 9.56. The molecule has 1 aromatic rings. The summed E-state index contributed by atoms with van der Waals surface area (Å²) in [5, 5.41) is 12.2. The Morgan fingerprint density at radius 3 is 2.75 bits per heavy atom. The first-order valence-corrected chi connectivity index (χ1v) is 7.84. The quantitative estimate of drug-likeness (QED) is 0.383. The van der Waals surface area contributed by atoms with Crippen LogP contribution in [0.3, 0.4) is 0 Å². The number of anilines is 1. The second-order valence-electron chi connectivity index (χ2n) is 5.56. The van der Waals surface area contributed by atoms with Crippen LogP contribution in [0.2, 0.25) is 0 Å². The third-order valence-corrected chi connectivity index (χ3v) is 4.96. The molecule has 2 rings (SSSR count). The molecule has 1 aromatic carbocycles. The molecule has 4 nitrogen and oxygen atoms in total. The van der Waals surface area contributed by atoms with Gasteiger partial charge in [0.1, 0.15) is 0 Å². The Hall–Kier alpha value is -1.23. The molecule has 0 spiro atoms. The molecule has 110 valence electrons. The molecule has 0 aliphatic heterocycles. The van der Waals surface area contributed by atoms with Crippen molar-refractivity contribution in [2.24, 2.45) is 16.8 Å². The summed E-state index contributed by atoms with van der Waals surface area (Å²) in [7, 11) is 2.10. The van der Waals surface area contributed by atoms with E-state index in [0.717, 1.165) is 15.7 Å². The number of hydrogen-bond acceptors (Lipinski definition) is 3. The number of benzene rings is 1. The van der Waals surface area contributed by atoms with E-state index in [1.807, 2.05) is 18.2 Å². The van der Waals surface area contributed by atoms with E-state index in [9.17, 15) is 0 Å². The fourth-order valence-corrected chi connectivity index (χ4v) is 3.72. The molecular formula is C15H22BrN3O. The normalized spacial score (nSPS) is 23.6. The van der Waals surface area contributed by atoms with E-state index in [0.29, 0.717) is 12.0 Å². The van der Waals surface area contributed by atoms with Crippen LogP contribution in [-0.4, -0.2) is 24.1 Å². The van der Waals surface area contributed by atoms with Crippen molar-refractivity contribution >= 4 is 27.5 Å². The number of rotatable bonds is 3. The number of hydrogen-bond donors (Lipinski definition) is 2. The van der Waals surface area contributed by atoms with Gasteiger partial charge >= 0.3 is 0 Å². The van der Waals surface area contributed by atoms with Gasteiger partial charge in [-0.2, -0.15) is 0 Å². The van der Waals surface area contributed by atoms with Gasteiger partial charge in [-0.15, -0.1) is 0 Å². The standard InChI is InChI=1S/C15H22BrN3O/c1-10-6-3-4-8-12(10)19(2)13-9-5-7-11(16)14(13)15(17)18-20/h5,7,9-10,12,20H,3-4,6,8H2,1-2H3,(H2,17,18). The summed E-state index contributed by atoms with van der Waals surface area (Å²) in [6, 6.07) is 6.43. The molecule has 0 heterocycles. The molecule has 1 aliphatic rings. The fourth-order valence-electron chi connectivity index (χ4n) is 3.16. The lowest BCUT2D eigenvalue weighted by Crippen LogP contribution is -2.40. The van der Waals surface area contributed by atoms with Crippen molar-refractivity contribution in [2.45, 2.75) is 38.6 Å². The zero-order chi connectivity index (χ0) is 14.7. The van der Waals surface area contributed by atoms with Crippen LogP contribution < -0.4 is 10.6 Å². The van der Waals surface area contributed by atoms with Gasteiger partial charge < -0.3 is 15.8 Å². The van der Waals surface area contributed by atoms with Crippen molar-refractivity contribution in [3.8, 4) is 0 Å². The summed E-state index contributed by atoms with van der Waals surface area (Å²) in [5.74, 6) is 0.802. The van der Waals surface area contributed by atoms with E-state index in [2.05, 4.69) is 40.0 Å². The van der Waals surface area contributed by atoms with Crippen molar-refractivity contribution in [3.05, 3.63) is 28.2 Å². The van der Waals surface area contributed by atoms with Crippen LogP contribution in [0.1, 0.15) is 38.2 Å². The number of nitrogens with zero attached hydrogens (tertiary/aromatic N) is 2. The molecular weight excluding hydrogens is 318 g/mol. The van der Waals surface area contributed by atoms with Gasteiger partial charge in [-0.25, -0.2) is 0 Å². The molecule has 0 amide bonds. The zero-order valence-corrected chi connectivity index (χ0v) is 13.6. The Balaban J connectivity index is 2.39. The number of amidine groups is 1. The monoisotopic (exact) mass is 339 g/mol. The minimum atomic E-state index is 0.141. The van der Waals surface area contributed by atoms with Crippen LogP contribution in [0.5, 0.6) is 0 Å². The maximum absolute atomic E-state index is 9.00. The molecule has 0 bridgehead atoms. The van der Waals surface area contributed by atoms with Crippen molar-refractivity contribution in [1.82, 2.24) is 0 Å². The highest BCUT2D eigenvalue weighted by Crippen LogP contribution is 2.34. The second-order valence-corrected chi connectivity index (χ2v) is 6.41. The Labute approximate surface area is 128 Å². The van der Waals surface area contributed by atoms with Crippen molar-refractivity contribution in [1.29, 1.82) is 0 Å². The molecule has 5 heteroatoms. The molecule has 0 radical (unpaired) electrons. The third-order valence-electron chi connectivity index (χ3n) is 4.30. The molecule has 3 N–H and O–H groups in total. The van der Waals surface area contributed by atoms with Crippen molar-refractivity contribution in [3.63, 3.8) is 0 Å². The molecule has 20 heavy (non-hydrogen) atoms. The predicted octanol–water partition coefficient (Wildman–Crippen LogP) is 3.56. The van der Waals surface area contributed by atoms with Crippen LogP contribution in [0.4, 0.5) is 5.69 Å². The van der Waals surface area contributed by atoms with Gasteiger partial charge in [0.2, 0.25) is 0 Å². The molecule has 0 saturated heterocycles. The van der Waals surface area contributed by atoms with Crippen LogP contribution in [-0.2, 0) is 0 Å². The van der Waals surface area contributed by atoms with Crippen molar-refractivity contribution in [2.75, 3.05) is 11.9 Å². The summed E-state index contributed by atoms with van der Waals surface area (Å²) in [6.45, 7) is 2.31. The molecule has 2 unspecified atom stereocenters. The number of halogens is 1. The maximum atomic E-state index is 9.00. The average molecular weight is 340 g/mol. The lowest BCUT2D eigenvalue weighted by atomic mass is 9.84. The summed E-state index contributed by atoms with van der Waals surface area (Å²) in [4.78, 5) is 2.28. The first kappa shape index (κ1) is 15.2. The highest BCUT2D eigenvalue weighted by molar-refractivity contribution is 9.10. The summed E-state index contributed by atoms with van der Waals surface area (Å²) >= 11 is 3.50. The highest BCUT2D eigenvalue weighted by Gasteiger charge is 2.27. The molecule has 1 fully saturated rings. The first-order valence-electron chi connectivity index (χ1n) is 7.05. The Bertz CT molecular complexity index is 504. The minimum absolute atomic E-state index is 0.141. The topological polar surface area (TPSA) is 61.8 Å². The van der Waals surface area contributed by atoms with Crippen LogP contribution in [0, 0.1) is 5.92 Å². The third kappa shape index (κ3) is 2.92. The molecule has 1 aliphatic carbocycles. The van der Waals surface area contributed by atoms with Crippen LogP contribution >= 0.6 is 15.9 Å². The average Bonchev–Trinajstić information content (AvgIpc) is 2.46. The molecule has 2 atom stereocenters. The fraction of sp³-hybridized carbons (Fsp3) is 0.533. The summed E-state index contributed by atoms with van der Waals surface area (Å²) in [5.41, 5.74) is 7.61. The highest BCUT2D eigenvalue weighted by atomic mass is 79.9. The van der Waals surface area contributed by atoms with Crippen molar-refractivity contribution < 1.29 is 5.21 Å².